The predicted molar refractivity (Wildman–Crippen MR) is 114 cm³/mol. The Hall–Kier alpha value is -2.78. The molecule has 1 amide bonds. The number of nitrogens with zero attached hydrogens (tertiary/aromatic N) is 1. The molecular weight excluding hydrogens is 423 g/mol. The van der Waals surface area contributed by atoms with Crippen molar-refractivity contribution in [2.45, 2.75) is 31.6 Å². The topological polar surface area (TPSA) is 92.8 Å². The molecule has 0 radical (unpaired) electrons. The highest BCUT2D eigenvalue weighted by Gasteiger charge is 2.33. The molecule has 3 rings (SSSR count). The Kier molecular flexibility index (Phi) is 7.07. The number of piperidine rings is 1. The molecule has 2 aromatic rings. The fourth-order valence-electron chi connectivity index (χ4n) is 3.57. The minimum atomic E-state index is -3.83. The van der Waals surface area contributed by atoms with Crippen molar-refractivity contribution in [1.29, 1.82) is 0 Å². The second-order valence-electron chi connectivity index (χ2n) is 7.34. The normalized spacial score (nSPS) is 17.2. The molecule has 0 spiro atoms. The van der Waals surface area contributed by atoms with Gasteiger partial charge in [-0.25, -0.2) is 17.6 Å². The van der Waals surface area contributed by atoms with E-state index >= 15 is 0 Å². The number of hydrogen-bond donors (Lipinski definition) is 1. The number of carbonyl (C=O) groups excluding carboxylic acids is 2. The van der Waals surface area contributed by atoms with Gasteiger partial charge in [-0.15, -0.1) is 0 Å². The third-order valence-corrected chi connectivity index (χ3v) is 7.17. The number of halogens is 1. The summed E-state index contributed by atoms with van der Waals surface area (Å²) in [6.45, 7) is 4.00. The molecule has 0 saturated carbocycles. The number of ether oxygens (including phenoxy) is 1. The molecule has 0 aromatic heterocycles. The summed E-state index contributed by atoms with van der Waals surface area (Å²) in [4.78, 5) is 25.0. The Morgan fingerprint density at radius 1 is 1.19 bits per heavy atom. The Balaban J connectivity index is 1.74. The first-order valence-electron chi connectivity index (χ1n) is 10.1. The van der Waals surface area contributed by atoms with E-state index in [1.807, 2.05) is 0 Å². The molecule has 7 nitrogen and oxygen atoms in total. The van der Waals surface area contributed by atoms with Crippen LogP contribution < -0.4 is 5.32 Å². The van der Waals surface area contributed by atoms with Gasteiger partial charge in [0, 0.05) is 18.8 Å². The maximum atomic E-state index is 13.2. The molecule has 1 N–H and O–H groups in total. The van der Waals surface area contributed by atoms with E-state index in [2.05, 4.69) is 5.32 Å². The summed E-state index contributed by atoms with van der Waals surface area (Å²) < 4.78 is 45.2. The van der Waals surface area contributed by atoms with Crippen molar-refractivity contribution in [1.82, 2.24) is 4.31 Å². The Morgan fingerprint density at radius 3 is 2.58 bits per heavy atom. The number of amides is 1. The first-order chi connectivity index (χ1) is 14.7. The molecular formula is C22H25FN2O5S. The maximum absolute atomic E-state index is 13.2. The average molecular weight is 449 g/mol. The van der Waals surface area contributed by atoms with Gasteiger partial charge < -0.3 is 10.1 Å². The molecule has 1 fully saturated rings. The summed E-state index contributed by atoms with van der Waals surface area (Å²) in [5.74, 6) is -1.85. The molecule has 1 heterocycles. The van der Waals surface area contributed by atoms with E-state index in [1.54, 1.807) is 32.0 Å². The van der Waals surface area contributed by atoms with Gasteiger partial charge in [-0.2, -0.15) is 4.31 Å². The number of rotatable bonds is 6. The lowest BCUT2D eigenvalue weighted by atomic mass is 9.98. The highest BCUT2D eigenvalue weighted by molar-refractivity contribution is 7.89. The van der Waals surface area contributed by atoms with Crippen LogP contribution in [0.15, 0.2) is 47.4 Å². The van der Waals surface area contributed by atoms with Crippen LogP contribution in [0.1, 0.15) is 35.7 Å². The quantitative estimate of drug-likeness (QED) is 0.684. The zero-order valence-electron chi connectivity index (χ0n) is 17.4. The summed E-state index contributed by atoms with van der Waals surface area (Å²) >= 11 is 0. The van der Waals surface area contributed by atoms with Crippen molar-refractivity contribution in [2.75, 3.05) is 25.0 Å². The summed E-state index contributed by atoms with van der Waals surface area (Å²) in [6, 6.07) is 9.60. The van der Waals surface area contributed by atoms with Crippen LogP contribution in [-0.4, -0.2) is 44.3 Å². The van der Waals surface area contributed by atoms with Crippen LogP contribution in [0.5, 0.6) is 0 Å². The van der Waals surface area contributed by atoms with Gasteiger partial charge in [0.25, 0.3) is 0 Å². The smallest absolute Gasteiger partial charge is 0.338 e. The first kappa shape index (κ1) is 22.9. The molecule has 9 heteroatoms. The van der Waals surface area contributed by atoms with E-state index in [0.29, 0.717) is 36.2 Å². The molecule has 1 saturated heterocycles. The Bertz CT molecular complexity index is 1070. The minimum absolute atomic E-state index is 0.00654. The van der Waals surface area contributed by atoms with Crippen molar-refractivity contribution in [3.05, 3.63) is 59.4 Å². The van der Waals surface area contributed by atoms with Gasteiger partial charge in [-0.05, 0) is 68.7 Å². The molecule has 1 atom stereocenters. The molecule has 31 heavy (non-hydrogen) atoms. The lowest BCUT2D eigenvalue weighted by Crippen LogP contribution is -2.43. The second-order valence-corrected chi connectivity index (χ2v) is 9.28. The van der Waals surface area contributed by atoms with Gasteiger partial charge >= 0.3 is 5.97 Å². The van der Waals surface area contributed by atoms with E-state index in [1.165, 1.54) is 16.4 Å². The van der Waals surface area contributed by atoms with Crippen molar-refractivity contribution >= 4 is 27.6 Å². The predicted octanol–water partition coefficient (Wildman–Crippen LogP) is 3.35. The van der Waals surface area contributed by atoms with Gasteiger partial charge in [0.15, 0.2) is 0 Å². The van der Waals surface area contributed by atoms with Crippen LogP contribution in [0, 0.1) is 18.7 Å². The molecule has 1 aliphatic heterocycles. The van der Waals surface area contributed by atoms with Gasteiger partial charge in [-0.3, -0.25) is 4.79 Å². The van der Waals surface area contributed by atoms with E-state index in [9.17, 15) is 22.4 Å². The van der Waals surface area contributed by atoms with Crippen molar-refractivity contribution in [3.8, 4) is 0 Å². The van der Waals surface area contributed by atoms with E-state index in [-0.39, 0.29) is 24.0 Å². The maximum Gasteiger partial charge on any atom is 0.338 e. The van der Waals surface area contributed by atoms with E-state index in [0.717, 1.165) is 12.1 Å². The average Bonchev–Trinajstić information content (AvgIpc) is 2.75. The number of nitrogens with one attached hydrogen (secondary N) is 1. The number of benzene rings is 2. The number of hydrogen-bond acceptors (Lipinski definition) is 5. The number of sulfonamides is 1. The van der Waals surface area contributed by atoms with Crippen molar-refractivity contribution in [3.63, 3.8) is 0 Å². The first-order valence-corrected chi connectivity index (χ1v) is 11.5. The van der Waals surface area contributed by atoms with Crippen LogP contribution in [0.2, 0.25) is 0 Å². The minimum Gasteiger partial charge on any atom is -0.462 e. The van der Waals surface area contributed by atoms with E-state index < -0.39 is 27.7 Å². The third kappa shape index (κ3) is 5.11. The molecule has 0 bridgehead atoms. The van der Waals surface area contributed by atoms with Crippen molar-refractivity contribution in [2.24, 2.45) is 5.92 Å². The highest BCUT2D eigenvalue weighted by atomic mass is 32.2. The summed E-state index contributed by atoms with van der Waals surface area (Å²) in [5, 5.41) is 2.82. The highest BCUT2D eigenvalue weighted by Crippen LogP contribution is 2.26. The SMILES string of the molecule is CCOC(=O)c1cccc(NC(=O)C2CCCN(S(=O)(=O)c3ccc(F)cc3)C2)c1C. The largest absolute Gasteiger partial charge is 0.462 e. The van der Waals surface area contributed by atoms with Crippen LogP contribution in [-0.2, 0) is 19.6 Å². The molecule has 0 aliphatic carbocycles. The molecule has 1 unspecified atom stereocenters. The van der Waals surface area contributed by atoms with Gasteiger partial charge in [0.1, 0.15) is 5.82 Å². The lowest BCUT2D eigenvalue weighted by Gasteiger charge is -2.31. The van der Waals surface area contributed by atoms with Gasteiger partial charge in [-0.1, -0.05) is 6.07 Å². The van der Waals surface area contributed by atoms with Gasteiger partial charge in [0.2, 0.25) is 15.9 Å². The zero-order valence-corrected chi connectivity index (χ0v) is 18.2. The van der Waals surface area contributed by atoms with Crippen molar-refractivity contribution < 1.29 is 27.1 Å². The van der Waals surface area contributed by atoms with Gasteiger partial charge in [0.05, 0.1) is 23.0 Å². The number of esters is 1. The molecule has 1 aliphatic rings. The van der Waals surface area contributed by atoms with Crippen LogP contribution in [0.25, 0.3) is 0 Å². The molecule has 2 aromatic carbocycles. The summed E-state index contributed by atoms with van der Waals surface area (Å²) in [6.07, 6.45) is 1.07. The van der Waals surface area contributed by atoms with E-state index in [4.69, 9.17) is 4.74 Å². The molecule has 166 valence electrons. The van der Waals surface area contributed by atoms with Crippen LogP contribution in [0.3, 0.4) is 0 Å². The fraction of sp³-hybridized carbons (Fsp3) is 0.364. The monoisotopic (exact) mass is 448 g/mol. The second kappa shape index (κ2) is 9.57. The standard InChI is InChI=1S/C22H25FN2O5S/c1-3-30-22(27)19-7-4-8-20(15(19)2)24-21(26)16-6-5-13-25(14-16)31(28,29)18-11-9-17(23)10-12-18/h4,7-12,16H,3,5-6,13-14H2,1-2H3,(H,24,26). The number of carbonyl (C=O) groups is 2. The summed E-state index contributed by atoms with van der Waals surface area (Å²) in [7, 11) is -3.83. The number of anilines is 1. The van der Waals surface area contributed by atoms with Crippen LogP contribution >= 0.6 is 0 Å². The third-order valence-electron chi connectivity index (χ3n) is 5.29. The zero-order chi connectivity index (χ0) is 22.6. The Labute approximate surface area is 181 Å². The lowest BCUT2D eigenvalue weighted by molar-refractivity contribution is -0.120. The fourth-order valence-corrected chi connectivity index (χ4v) is 5.09. The van der Waals surface area contributed by atoms with Crippen LogP contribution in [0.4, 0.5) is 10.1 Å². The summed E-state index contributed by atoms with van der Waals surface area (Å²) in [5.41, 5.74) is 1.43. The Morgan fingerprint density at radius 2 is 1.90 bits per heavy atom.